The molecular weight excluding hydrogens is 366 g/mol. The molecular formula is C20H19NO5S. The van der Waals surface area contributed by atoms with Crippen LogP contribution in [0.3, 0.4) is 0 Å². The minimum Gasteiger partial charge on any atom is -0.493 e. The summed E-state index contributed by atoms with van der Waals surface area (Å²) in [6, 6.07) is 12.7. The number of anilines is 1. The number of ether oxygens (including phenoxy) is 3. The van der Waals surface area contributed by atoms with Crippen molar-refractivity contribution in [3.05, 3.63) is 52.9 Å². The molecule has 1 N–H and O–H groups in total. The van der Waals surface area contributed by atoms with E-state index in [-0.39, 0.29) is 18.3 Å². The summed E-state index contributed by atoms with van der Waals surface area (Å²) in [4.78, 5) is 24.6. The Kier molecular flexibility index (Phi) is 5.61. The second-order valence-electron chi connectivity index (χ2n) is 5.77. The van der Waals surface area contributed by atoms with Crippen molar-refractivity contribution < 1.29 is 23.8 Å². The van der Waals surface area contributed by atoms with Gasteiger partial charge in [-0.25, -0.2) is 4.79 Å². The lowest BCUT2D eigenvalue weighted by Gasteiger charge is -2.10. The van der Waals surface area contributed by atoms with Crippen LogP contribution in [0, 0.1) is 0 Å². The Morgan fingerprint density at radius 3 is 2.44 bits per heavy atom. The van der Waals surface area contributed by atoms with Crippen LogP contribution in [0.5, 0.6) is 11.5 Å². The predicted octanol–water partition coefficient (Wildman–Crippen LogP) is 3.89. The maximum absolute atomic E-state index is 12.4. The molecule has 6 nitrogen and oxygen atoms in total. The van der Waals surface area contributed by atoms with Gasteiger partial charge in [0.25, 0.3) is 0 Å². The highest BCUT2D eigenvalue weighted by Crippen LogP contribution is 2.29. The normalized spacial score (nSPS) is 10.5. The lowest BCUT2D eigenvalue weighted by atomic mass is 10.1. The molecule has 3 aromatic rings. The quantitative estimate of drug-likeness (QED) is 0.652. The molecule has 7 heteroatoms. The van der Waals surface area contributed by atoms with E-state index in [0.29, 0.717) is 22.1 Å². The second-order valence-corrected chi connectivity index (χ2v) is 6.85. The van der Waals surface area contributed by atoms with Gasteiger partial charge in [0.1, 0.15) is 4.88 Å². The summed E-state index contributed by atoms with van der Waals surface area (Å²) < 4.78 is 16.2. The fourth-order valence-electron chi connectivity index (χ4n) is 2.70. The van der Waals surface area contributed by atoms with Crippen LogP contribution in [0.2, 0.25) is 0 Å². The highest BCUT2D eigenvalue weighted by atomic mass is 32.1. The molecule has 140 valence electrons. The lowest BCUT2D eigenvalue weighted by molar-refractivity contribution is -0.115. The van der Waals surface area contributed by atoms with Gasteiger partial charge in [0.15, 0.2) is 11.5 Å². The number of fused-ring (bicyclic) bond motifs is 1. The number of methoxy groups -OCH3 is 3. The Labute approximate surface area is 160 Å². The fraction of sp³-hybridized carbons (Fsp3) is 0.200. The number of benzene rings is 2. The van der Waals surface area contributed by atoms with Gasteiger partial charge in [-0.05, 0) is 47.3 Å². The number of carbonyl (C=O) groups is 2. The van der Waals surface area contributed by atoms with Crippen LogP contribution in [-0.4, -0.2) is 33.2 Å². The maximum Gasteiger partial charge on any atom is 0.348 e. The van der Waals surface area contributed by atoms with Gasteiger partial charge in [-0.1, -0.05) is 6.07 Å². The monoisotopic (exact) mass is 385 g/mol. The third-order valence-corrected chi connectivity index (χ3v) is 5.10. The van der Waals surface area contributed by atoms with Crippen LogP contribution >= 0.6 is 11.3 Å². The largest absolute Gasteiger partial charge is 0.493 e. The van der Waals surface area contributed by atoms with E-state index in [1.165, 1.54) is 18.4 Å². The molecule has 2 aromatic carbocycles. The Hall–Kier alpha value is -3.06. The first kappa shape index (κ1) is 18.7. The van der Waals surface area contributed by atoms with E-state index in [1.807, 2.05) is 24.3 Å². The van der Waals surface area contributed by atoms with E-state index in [0.717, 1.165) is 15.6 Å². The predicted molar refractivity (Wildman–Crippen MR) is 105 cm³/mol. The first-order valence-corrected chi connectivity index (χ1v) is 8.98. The topological polar surface area (TPSA) is 73.9 Å². The van der Waals surface area contributed by atoms with Gasteiger partial charge >= 0.3 is 5.97 Å². The van der Waals surface area contributed by atoms with Crippen LogP contribution in [0.25, 0.3) is 10.1 Å². The zero-order valence-electron chi connectivity index (χ0n) is 15.2. The van der Waals surface area contributed by atoms with Gasteiger partial charge in [0, 0.05) is 10.4 Å². The summed E-state index contributed by atoms with van der Waals surface area (Å²) in [5.41, 5.74) is 1.48. The van der Waals surface area contributed by atoms with Crippen molar-refractivity contribution in [3.63, 3.8) is 0 Å². The molecule has 0 radical (unpaired) electrons. The number of nitrogens with one attached hydrogen (secondary N) is 1. The smallest absolute Gasteiger partial charge is 0.348 e. The van der Waals surface area contributed by atoms with Crippen molar-refractivity contribution >= 4 is 39.0 Å². The van der Waals surface area contributed by atoms with E-state index >= 15 is 0 Å². The molecule has 3 rings (SSSR count). The van der Waals surface area contributed by atoms with E-state index in [9.17, 15) is 9.59 Å². The molecule has 0 aliphatic heterocycles. The van der Waals surface area contributed by atoms with Crippen molar-refractivity contribution in [1.82, 2.24) is 0 Å². The number of thiophene rings is 1. The molecule has 1 aromatic heterocycles. The summed E-state index contributed by atoms with van der Waals surface area (Å²) in [6.45, 7) is 0. The van der Waals surface area contributed by atoms with Crippen molar-refractivity contribution in [3.8, 4) is 11.5 Å². The molecule has 0 saturated carbocycles. The lowest BCUT2D eigenvalue weighted by Crippen LogP contribution is -2.14. The van der Waals surface area contributed by atoms with Gasteiger partial charge in [-0.2, -0.15) is 0 Å². The SMILES string of the molecule is COC(=O)c1cc2cc(NC(=O)Cc3ccc(OC)c(OC)c3)ccc2s1. The second kappa shape index (κ2) is 8.09. The molecule has 0 saturated heterocycles. The zero-order chi connectivity index (χ0) is 19.4. The van der Waals surface area contributed by atoms with E-state index < -0.39 is 0 Å². The van der Waals surface area contributed by atoms with Crippen LogP contribution in [-0.2, 0) is 16.0 Å². The van der Waals surface area contributed by atoms with Gasteiger partial charge in [-0.3, -0.25) is 4.79 Å². The van der Waals surface area contributed by atoms with Crippen molar-refractivity contribution in [2.75, 3.05) is 26.6 Å². The molecule has 0 bridgehead atoms. The Balaban J connectivity index is 1.73. The molecule has 0 aliphatic carbocycles. The third kappa shape index (κ3) is 4.20. The molecule has 0 atom stereocenters. The Bertz CT molecular complexity index is 995. The summed E-state index contributed by atoms with van der Waals surface area (Å²) in [5, 5.41) is 3.76. The Morgan fingerprint density at radius 2 is 1.74 bits per heavy atom. The highest BCUT2D eigenvalue weighted by Gasteiger charge is 2.12. The number of hydrogen-bond donors (Lipinski definition) is 1. The minimum atomic E-state index is -0.366. The molecule has 0 spiro atoms. The van der Waals surface area contributed by atoms with Crippen molar-refractivity contribution in [2.45, 2.75) is 6.42 Å². The number of esters is 1. The Morgan fingerprint density at radius 1 is 0.963 bits per heavy atom. The molecule has 1 heterocycles. The standard InChI is InChI=1S/C20H19NO5S/c1-24-15-6-4-12(8-16(15)25-2)9-19(22)21-14-5-7-17-13(10-14)11-18(27-17)20(23)26-3/h4-8,10-11H,9H2,1-3H3,(H,21,22). The summed E-state index contributed by atoms with van der Waals surface area (Å²) in [7, 11) is 4.48. The average Bonchev–Trinajstić information content (AvgIpc) is 3.10. The van der Waals surface area contributed by atoms with Gasteiger partial charge < -0.3 is 19.5 Å². The van der Waals surface area contributed by atoms with Crippen LogP contribution in [0.15, 0.2) is 42.5 Å². The van der Waals surface area contributed by atoms with E-state index in [4.69, 9.17) is 14.2 Å². The number of carbonyl (C=O) groups excluding carboxylic acids is 2. The van der Waals surface area contributed by atoms with Crippen molar-refractivity contribution in [2.24, 2.45) is 0 Å². The van der Waals surface area contributed by atoms with Crippen LogP contribution in [0.4, 0.5) is 5.69 Å². The third-order valence-electron chi connectivity index (χ3n) is 4.00. The van der Waals surface area contributed by atoms with Crippen LogP contribution < -0.4 is 14.8 Å². The number of amides is 1. The average molecular weight is 385 g/mol. The molecule has 0 unspecified atom stereocenters. The number of hydrogen-bond acceptors (Lipinski definition) is 6. The molecule has 0 fully saturated rings. The fourth-order valence-corrected chi connectivity index (χ4v) is 3.66. The molecule has 0 aliphatic rings. The highest BCUT2D eigenvalue weighted by molar-refractivity contribution is 7.20. The summed E-state index contributed by atoms with van der Waals surface area (Å²) >= 11 is 1.35. The van der Waals surface area contributed by atoms with E-state index in [2.05, 4.69) is 5.32 Å². The first-order chi connectivity index (χ1) is 13.0. The van der Waals surface area contributed by atoms with Gasteiger partial charge in [-0.15, -0.1) is 11.3 Å². The van der Waals surface area contributed by atoms with Gasteiger partial charge in [0.05, 0.1) is 27.8 Å². The van der Waals surface area contributed by atoms with Gasteiger partial charge in [0.2, 0.25) is 5.91 Å². The molecule has 1 amide bonds. The zero-order valence-corrected chi connectivity index (χ0v) is 16.0. The van der Waals surface area contributed by atoms with Crippen molar-refractivity contribution in [1.29, 1.82) is 0 Å². The number of rotatable bonds is 6. The maximum atomic E-state index is 12.4. The summed E-state index contributed by atoms with van der Waals surface area (Å²) in [6.07, 6.45) is 0.204. The van der Waals surface area contributed by atoms with E-state index in [1.54, 1.807) is 32.4 Å². The first-order valence-electron chi connectivity index (χ1n) is 8.16. The molecule has 27 heavy (non-hydrogen) atoms. The summed E-state index contributed by atoms with van der Waals surface area (Å²) in [5.74, 6) is 0.684. The van der Waals surface area contributed by atoms with Crippen LogP contribution in [0.1, 0.15) is 15.2 Å². The minimum absolute atomic E-state index is 0.148.